The third kappa shape index (κ3) is 3.25. The fraction of sp³-hybridized carbons (Fsp3) is 0.143. The van der Waals surface area contributed by atoms with Gasteiger partial charge in [0.1, 0.15) is 17.0 Å². The van der Waals surface area contributed by atoms with Crippen LogP contribution in [0.5, 0.6) is 11.5 Å². The lowest BCUT2D eigenvalue weighted by molar-refractivity contribution is 0.102. The number of carbonyl (C=O) groups is 1. The van der Waals surface area contributed by atoms with Crippen LogP contribution in [0.1, 0.15) is 17.3 Å². The molecule has 0 aliphatic carbocycles. The Balaban J connectivity index is 1.78. The Labute approximate surface area is 170 Å². The van der Waals surface area contributed by atoms with Gasteiger partial charge in [-0.2, -0.15) is 0 Å². The highest BCUT2D eigenvalue weighted by molar-refractivity contribution is 7.23. The van der Waals surface area contributed by atoms with Crippen molar-refractivity contribution < 1.29 is 14.3 Å². The molecular weight excluding hydrogens is 396 g/mol. The fourth-order valence-corrected chi connectivity index (χ4v) is 4.24. The number of benzene rings is 3. The molecule has 0 atom stereocenters. The quantitative estimate of drug-likeness (QED) is 0.452. The summed E-state index contributed by atoms with van der Waals surface area (Å²) >= 11 is 7.58. The van der Waals surface area contributed by atoms with Crippen molar-refractivity contribution in [2.24, 2.45) is 0 Å². The van der Waals surface area contributed by atoms with E-state index in [9.17, 15) is 4.79 Å². The minimum Gasteiger partial charge on any atom is -0.494 e. The molecule has 142 valence electrons. The molecule has 0 spiro atoms. The second-order valence-corrected chi connectivity index (χ2v) is 7.40. The van der Waals surface area contributed by atoms with Crippen molar-refractivity contribution in [1.29, 1.82) is 0 Å². The fourth-order valence-electron chi connectivity index (χ4n) is 3.09. The van der Waals surface area contributed by atoms with Crippen LogP contribution < -0.4 is 14.8 Å². The van der Waals surface area contributed by atoms with E-state index in [1.54, 1.807) is 19.2 Å². The first-order valence-electron chi connectivity index (χ1n) is 8.71. The molecule has 4 rings (SSSR count). The smallest absolute Gasteiger partial charge is 0.261 e. The molecule has 1 heterocycles. The zero-order chi connectivity index (χ0) is 19.7. The second kappa shape index (κ2) is 7.66. The minimum absolute atomic E-state index is 0.283. The maximum absolute atomic E-state index is 13.2. The monoisotopic (exact) mass is 412 g/mol. The van der Waals surface area contributed by atoms with Gasteiger partial charge in [-0.25, -0.2) is 4.98 Å². The molecule has 1 N–H and O–H groups in total. The number of nitrogens with zero attached hydrogens (tertiary/aromatic N) is 1. The number of halogens is 1. The van der Waals surface area contributed by atoms with E-state index >= 15 is 0 Å². The summed E-state index contributed by atoms with van der Waals surface area (Å²) in [6.45, 7) is 2.35. The molecule has 0 bridgehead atoms. The highest BCUT2D eigenvalue weighted by atomic mass is 35.5. The van der Waals surface area contributed by atoms with E-state index in [1.165, 1.54) is 11.3 Å². The van der Waals surface area contributed by atoms with Gasteiger partial charge in [-0.3, -0.25) is 10.1 Å². The first kappa shape index (κ1) is 18.5. The number of ether oxygens (including phenoxy) is 2. The molecule has 1 aromatic heterocycles. The van der Waals surface area contributed by atoms with Crippen molar-refractivity contribution >= 4 is 55.0 Å². The lowest BCUT2D eigenvalue weighted by atomic mass is 10.0. The van der Waals surface area contributed by atoms with Crippen LogP contribution >= 0.6 is 22.9 Å². The van der Waals surface area contributed by atoms with E-state index in [-0.39, 0.29) is 5.91 Å². The zero-order valence-electron chi connectivity index (χ0n) is 15.3. The number of hydrogen-bond acceptors (Lipinski definition) is 5. The molecule has 0 unspecified atom stereocenters. The van der Waals surface area contributed by atoms with Gasteiger partial charge in [0, 0.05) is 0 Å². The van der Waals surface area contributed by atoms with Gasteiger partial charge in [0.2, 0.25) is 0 Å². The van der Waals surface area contributed by atoms with Crippen molar-refractivity contribution in [3.05, 3.63) is 59.1 Å². The van der Waals surface area contributed by atoms with Crippen LogP contribution in [-0.4, -0.2) is 24.6 Å². The minimum atomic E-state index is -0.283. The summed E-state index contributed by atoms with van der Waals surface area (Å²) in [7, 11) is 1.57. The number of amides is 1. The van der Waals surface area contributed by atoms with E-state index in [4.69, 9.17) is 21.1 Å². The number of thiazole rings is 1. The Hall–Kier alpha value is -2.83. The molecule has 4 aromatic rings. The molecular formula is C21H17ClN2O3S. The number of hydrogen-bond donors (Lipinski definition) is 1. The number of aromatic nitrogens is 1. The molecule has 0 aliphatic rings. The van der Waals surface area contributed by atoms with E-state index in [2.05, 4.69) is 10.3 Å². The summed E-state index contributed by atoms with van der Waals surface area (Å²) in [5.41, 5.74) is 1.11. The predicted molar refractivity (Wildman–Crippen MR) is 114 cm³/mol. The molecule has 7 heteroatoms. The summed E-state index contributed by atoms with van der Waals surface area (Å²) in [5.74, 6) is 0.862. The van der Waals surface area contributed by atoms with E-state index in [0.717, 1.165) is 15.5 Å². The standard InChI is InChI=1S/C21H17ClN2O3S/c1-3-27-15-10-8-12-6-4-5-7-13(12)17(15)20(25)24-21-23-18-16(26-2)11-9-14(22)19(18)28-21/h4-11H,3H2,1-2H3,(H,23,24,25). The highest BCUT2D eigenvalue weighted by Gasteiger charge is 2.19. The first-order chi connectivity index (χ1) is 13.6. The van der Waals surface area contributed by atoms with E-state index < -0.39 is 0 Å². The number of nitrogens with one attached hydrogen (secondary N) is 1. The SMILES string of the molecule is CCOc1ccc2ccccc2c1C(=O)Nc1nc2c(OC)ccc(Cl)c2s1. The number of anilines is 1. The number of fused-ring (bicyclic) bond motifs is 2. The van der Waals surface area contributed by atoms with Crippen LogP contribution in [0.15, 0.2) is 48.5 Å². The van der Waals surface area contributed by atoms with Crippen LogP contribution in [0.3, 0.4) is 0 Å². The van der Waals surface area contributed by atoms with Gasteiger partial charge in [0.15, 0.2) is 5.13 Å². The molecule has 0 fully saturated rings. The van der Waals surface area contributed by atoms with Crippen molar-refractivity contribution in [2.45, 2.75) is 6.92 Å². The lowest BCUT2D eigenvalue weighted by Crippen LogP contribution is -2.14. The molecule has 3 aromatic carbocycles. The Kier molecular flexibility index (Phi) is 5.07. The lowest BCUT2D eigenvalue weighted by Gasteiger charge is -2.12. The molecule has 0 aliphatic heterocycles. The average molecular weight is 413 g/mol. The number of rotatable bonds is 5. The topological polar surface area (TPSA) is 60.5 Å². The van der Waals surface area contributed by atoms with Crippen LogP contribution in [0, 0.1) is 0 Å². The van der Waals surface area contributed by atoms with Gasteiger partial charge >= 0.3 is 0 Å². The first-order valence-corrected chi connectivity index (χ1v) is 9.90. The van der Waals surface area contributed by atoms with E-state index in [1.807, 2.05) is 43.3 Å². The number of methoxy groups -OCH3 is 1. The summed E-state index contributed by atoms with van der Waals surface area (Å²) in [4.78, 5) is 17.7. The molecule has 0 saturated carbocycles. The molecule has 28 heavy (non-hydrogen) atoms. The highest BCUT2D eigenvalue weighted by Crippen LogP contribution is 2.38. The van der Waals surface area contributed by atoms with Crippen molar-refractivity contribution in [3.8, 4) is 11.5 Å². The van der Waals surface area contributed by atoms with Gasteiger partial charge in [-0.15, -0.1) is 0 Å². The third-order valence-corrected chi connectivity index (χ3v) is 5.75. The zero-order valence-corrected chi connectivity index (χ0v) is 16.9. The summed E-state index contributed by atoms with van der Waals surface area (Å²) < 4.78 is 11.8. The molecule has 5 nitrogen and oxygen atoms in total. The van der Waals surface area contributed by atoms with Gasteiger partial charge < -0.3 is 9.47 Å². The van der Waals surface area contributed by atoms with Crippen LogP contribution in [0.25, 0.3) is 21.0 Å². The number of carbonyl (C=O) groups excluding carboxylic acids is 1. The molecule has 0 radical (unpaired) electrons. The Morgan fingerprint density at radius 2 is 1.93 bits per heavy atom. The summed E-state index contributed by atoms with van der Waals surface area (Å²) in [5, 5.41) is 5.69. The summed E-state index contributed by atoms with van der Waals surface area (Å²) in [6.07, 6.45) is 0. The molecule has 1 amide bonds. The van der Waals surface area contributed by atoms with Crippen LogP contribution in [0.2, 0.25) is 5.02 Å². The third-order valence-electron chi connectivity index (χ3n) is 4.32. The van der Waals surface area contributed by atoms with Crippen LogP contribution in [-0.2, 0) is 0 Å². The van der Waals surface area contributed by atoms with Gasteiger partial charge in [0.05, 0.1) is 29.0 Å². The Morgan fingerprint density at radius 3 is 2.71 bits per heavy atom. The van der Waals surface area contributed by atoms with Gasteiger partial charge in [-0.05, 0) is 35.9 Å². The molecule has 0 saturated heterocycles. The predicted octanol–water partition coefficient (Wildman–Crippen LogP) is 5.76. The largest absolute Gasteiger partial charge is 0.494 e. The average Bonchev–Trinajstić information content (AvgIpc) is 3.12. The van der Waals surface area contributed by atoms with Crippen molar-refractivity contribution in [3.63, 3.8) is 0 Å². The van der Waals surface area contributed by atoms with Crippen molar-refractivity contribution in [1.82, 2.24) is 4.98 Å². The van der Waals surface area contributed by atoms with Gasteiger partial charge in [-0.1, -0.05) is 53.3 Å². The van der Waals surface area contributed by atoms with Crippen molar-refractivity contribution in [2.75, 3.05) is 19.0 Å². The maximum Gasteiger partial charge on any atom is 0.261 e. The normalized spacial score (nSPS) is 11.0. The Morgan fingerprint density at radius 1 is 1.14 bits per heavy atom. The van der Waals surface area contributed by atoms with Gasteiger partial charge in [0.25, 0.3) is 5.91 Å². The van der Waals surface area contributed by atoms with Crippen LogP contribution in [0.4, 0.5) is 5.13 Å². The Bertz CT molecular complexity index is 1190. The van der Waals surface area contributed by atoms with E-state index in [0.29, 0.717) is 39.3 Å². The maximum atomic E-state index is 13.2. The second-order valence-electron chi connectivity index (χ2n) is 5.99. The summed E-state index contributed by atoms with van der Waals surface area (Å²) in [6, 6.07) is 15.0.